The SMILES string of the molecule is [2H]C1([2H])[CH2][Ge]([CH3])([CH3])[c]2cc(-c3c(C#N)ccc4c3oc3c(-c5cccc[n+]5C)c(C)ccc34)ccc21. The summed E-state index contributed by atoms with van der Waals surface area (Å²) in [5.74, 6) is 4.55. The van der Waals surface area contributed by atoms with Crippen LogP contribution in [0.1, 0.15) is 19.4 Å². The van der Waals surface area contributed by atoms with Crippen LogP contribution in [0, 0.1) is 18.3 Å². The van der Waals surface area contributed by atoms with Crippen molar-refractivity contribution in [3.05, 3.63) is 83.6 Å². The first-order valence-corrected chi connectivity index (χ1v) is 18.3. The van der Waals surface area contributed by atoms with Gasteiger partial charge >= 0.3 is 206 Å². The van der Waals surface area contributed by atoms with Crippen LogP contribution >= 0.6 is 0 Å². The molecule has 0 radical (unpaired) electrons. The van der Waals surface area contributed by atoms with E-state index in [9.17, 15) is 5.26 Å². The van der Waals surface area contributed by atoms with Gasteiger partial charge in [-0.25, -0.2) is 0 Å². The fourth-order valence-electron chi connectivity index (χ4n) is 5.31. The maximum absolute atomic E-state index is 10.1. The Morgan fingerprint density at radius 2 is 1.76 bits per heavy atom. The second-order valence-corrected chi connectivity index (χ2v) is 19.7. The number of rotatable bonds is 2. The predicted molar refractivity (Wildman–Crippen MR) is 141 cm³/mol. The third kappa shape index (κ3) is 3.05. The van der Waals surface area contributed by atoms with Crippen molar-refractivity contribution in [3.8, 4) is 28.5 Å². The number of benzene rings is 3. The van der Waals surface area contributed by atoms with E-state index in [4.69, 9.17) is 7.16 Å². The third-order valence-corrected chi connectivity index (χ3v) is 13.4. The van der Waals surface area contributed by atoms with Crippen molar-refractivity contribution >= 4 is 39.6 Å². The van der Waals surface area contributed by atoms with Crippen LogP contribution in [0.3, 0.4) is 0 Å². The maximum atomic E-state index is 10.1. The number of furan rings is 1. The summed E-state index contributed by atoms with van der Waals surface area (Å²) in [4.78, 5) is 0. The Bertz CT molecular complexity index is 1760. The summed E-state index contributed by atoms with van der Waals surface area (Å²) >= 11 is -2.52. The van der Waals surface area contributed by atoms with Crippen molar-refractivity contribution in [2.75, 3.05) is 0 Å². The molecule has 0 aliphatic carbocycles. The fourth-order valence-corrected chi connectivity index (χ4v) is 10.1. The van der Waals surface area contributed by atoms with Crippen LogP contribution in [-0.2, 0) is 13.4 Å². The van der Waals surface area contributed by atoms with Gasteiger partial charge in [-0.3, -0.25) is 0 Å². The van der Waals surface area contributed by atoms with Crippen molar-refractivity contribution in [2.45, 2.75) is 30.1 Å². The first-order chi connectivity index (χ1) is 17.1. The van der Waals surface area contributed by atoms with Gasteiger partial charge in [-0.15, -0.1) is 0 Å². The summed E-state index contributed by atoms with van der Waals surface area (Å²) in [5.41, 5.74) is 7.87. The minimum absolute atomic E-state index is 0.566. The molecule has 3 aromatic carbocycles. The molecule has 0 N–H and O–H groups in total. The molecule has 5 aromatic rings. The molecule has 0 spiro atoms. The van der Waals surface area contributed by atoms with E-state index >= 15 is 0 Å². The molecule has 0 bridgehead atoms. The fraction of sp³-hybridized carbons (Fsp3) is 0.200. The Kier molecular flexibility index (Phi) is 4.24. The first-order valence-electron chi connectivity index (χ1n) is 12.6. The van der Waals surface area contributed by atoms with Crippen LogP contribution < -0.4 is 8.96 Å². The number of aromatic nitrogens is 1. The second kappa shape index (κ2) is 7.58. The normalized spacial score (nSPS) is 16.8. The van der Waals surface area contributed by atoms with Gasteiger partial charge in [0.15, 0.2) is 0 Å². The van der Waals surface area contributed by atoms with Crippen molar-refractivity contribution in [3.63, 3.8) is 0 Å². The van der Waals surface area contributed by atoms with Gasteiger partial charge in [0.25, 0.3) is 0 Å². The average Bonchev–Trinajstić information content (AvgIpc) is 3.29. The van der Waals surface area contributed by atoms with Gasteiger partial charge in [0.1, 0.15) is 0 Å². The van der Waals surface area contributed by atoms with Crippen LogP contribution in [0.25, 0.3) is 44.3 Å². The zero-order valence-corrected chi connectivity index (χ0v) is 22.0. The number of nitrogens with zero attached hydrogens (tertiary/aromatic N) is 2. The molecule has 0 unspecified atom stereocenters. The van der Waals surface area contributed by atoms with Crippen molar-refractivity contribution in [2.24, 2.45) is 7.05 Å². The van der Waals surface area contributed by atoms with E-state index in [-0.39, 0.29) is 0 Å². The van der Waals surface area contributed by atoms with Crippen LogP contribution in [-0.4, -0.2) is 13.3 Å². The van der Waals surface area contributed by atoms with E-state index in [0.717, 1.165) is 49.9 Å². The molecule has 2 aromatic heterocycles. The molecule has 3 nitrogen and oxygen atoms in total. The van der Waals surface area contributed by atoms with E-state index in [2.05, 4.69) is 53.3 Å². The molecule has 1 aliphatic rings. The Morgan fingerprint density at radius 1 is 1.00 bits per heavy atom. The third-order valence-electron chi connectivity index (χ3n) is 7.21. The summed E-state index contributed by atoms with van der Waals surface area (Å²) in [6.45, 7) is 2.10. The average molecular weight is 506 g/mol. The summed E-state index contributed by atoms with van der Waals surface area (Å²) in [7, 11) is 2.03. The number of hydrogen-bond acceptors (Lipinski definition) is 2. The van der Waals surface area contributed by atoms with Crippen LogP contribution in [0.5, 0.6) is 0 Å². The zero-order valence-electron chi connectivity index (χ0n) is 21.9. The molecular formula is C30H27GeN2O+. The Labute approximate surface area is 205 Å². The number of pyridine rings is 1. The van der Waals surface area contributed by atoms with E-state index < -0.39 is 19.6 Å². The van der Waals surface area contributed by atoms with Crippen molar-refractivity contribution < 1.29 is 11.7 Å². The molecule has 4 heteroatoms. The number of fused-ring (bicyclic) bond motifs is 4. The summed E-state index contributed by atoms with van der Waals surface area (Å²) in [6.07, 6.45) is 0.754. The summed E-state index contributed by atoms with van der Waals surface area (Å²) in [6, 6.07) is 22.7. The molecule has 0 saturated carbocycles. The first kappa shape index (κ1) is 19.0. The summed E-state index contributed by atoms with van der Waals surface area (Å²) < 4.78 is 27.1. The molecule has 34 heavy (non-hydrogen) atoms. The molecule has 0 saturated heterocycles. The van der Waals surface area contributed by atoms with Gasteiger partial charge in [0, 0.05) is 0 Å². The van der Waals surface area contributed by atoms with Crippen LogP contribution in [0.4, 0.5) is 0 Å². The monoisotopic (exact) mass is 507 g/mol. The molecule has 6 rings (SSSR count). The standard InChI is InChI=1S/C30H27GeN2O/c1-19-8-12-23-24-13-11-22(18-32)28(21-10-9-20-14-15-31(2,3)25(20)17-21)30(24)34-29(23)27(19)26-7-5-6-16-33(26)4/h5-13,16-17H,14-15H2,1-4H3/q+1/i14D2. The van der Waals surface area contributed by atoms with Crippen LogP contribution in [0.15, 0.2) is 71.3 Å². The quantitative estimate of drug-likeness (QED) is 0.206. The van der Waals surface area contributed by atoms with Gasteiger partial charge in [0.05, 0.1) is 0 Å². The predicted octanol–water partition coefficient (Wildman–Crippen LogP) is 6.40. The van der Waals surface area contributed by atoms with Gasteiger partial charge in [0.2, 0.25) is 0 Å². The Hall–Kier alpha value is -3.36. The van der Waals surface area contributed by atoms with Gasteiger partial charge in [-0.2, -0.15) is 0 Å². The van der Waals surface area contributed by atoms with Crippen molar-refractivity contribution in [1.29, 1.82) is 5.26 Å². The van der Waals surface area contributed by atoms with E-state index in [1.807, 2.05) is 49.6 Å². The molecule has 0 fully saturated rings. The molecular weight excluding hydrogens is 477 g/mol. The zero-order chi connectivity index (χ0) is 25.4. The number of hydrogen-bond donors (Lipinski definition) is 0. The van der Waals surface area contributed by atoms with E-state index in [1.54, 1.807) is 0 Å². The van der Waals surface area contributed by atoms with Crippen LogP contribution in [0.2, 0.25) is 16.8 Å². The van der Waals surface area contributed by atoms with Gasteiger partial charge in [-0.05, 0) is 0 Å². The number of aryl methyl sites for hydroxylation is 3. The number of nitriles is 1. The molecule has 166 valence electrons. The van der Waals surface area contributed by atoms with Gasteiger partial charge in [-0.1, -0.05) is 0 Å². The molecule has 1 aliphatic heterocycles. The van der Waals surface area contributed by atoms with Crippen molar-refractivity contribution in [1.82, 2.24) is 0 Å². The second-order valence-electron chi connectivity index (χ2n) is 9.91. The van der Waals surface area contributed by atoms with Gasteiger partial charge < -0.3 is 0 Å². The Balaban J connectivity index is 1.68. The van der Waals surface area contributed by atoms with E-state index in [1.165, 1.54) is 4.40 Å². The molecule has 3 heterocycles. The van der Waals surface area contributed by atoms with E-state index in [0.29, 0.717) is 16.4 Å². The molecule has 0 atom stereocenters. The minimum atomic E-state index is -2.52. The summed E-state index contributed by atoms with van der Waals surface area (Å²) in [5, 5.41) is 12.7. The Morgan fingerprint density at radius 3 is 2.53 bits per heavy atom. The molecule has 0 amide bonds. The topological polar surface area (TPSA) is 40.8 Å².